The Bertz CT molecular complexity index is 8270. The monoisotopic (exact) mass is 1910 g/mol. The van der Waals surface area contributed by atoms with Crippen molar-refractivity contribution in [3.63, 3.8) is 0 Å². The van der Waals surface area contributed by atoms with E-state index in [0.29, 0.717) is 0 Å². The minimum Gasteiger partial charge on any atom is -0.451 e. The molecule has 0 spiro atoms. The number of fused-ring (bicyclic) bond motifs is 12. The van der Waals surface area contributed by atoms with E-state index in [9.17, 15) is 0 Å². The number of benzene rings is 24. The Hall–Kier alpha value is -18.6. The molecule has 0 unspecified atom stereocenters. The molecule has 0 radical (unpaired) electrons. The number of hydrogen-bond acceptors (Lipinski definition) is 10. The highest BCUT2D eigenvalue weighted by Crippen LogP contribution is 2.51. The fourth-order valence-electron chi connectivity index (χ4n) is 19.6. The summed E-state index contributed by atoms with van der Waals surface area (Å²) in [6.07, 6.45) is -1.80. The maximum atomic E-state index is 6.34. The predicted octanol–water partition coefficient (Wildman–Crippen LogP) is 35.6. The molecule has 0 heterocycles. The fourth-order valence-corrected chi connectivity index (χ4v) is 19.6. The van der Waals surface area contributed by atoms with Gasteiger partial charge in [-0.1, -0.05) is 414 Å². The molecule has 2 aliphatic carbocycles. The van der Waals surface area contributed by atoms with Gasteiger partial charge in [0.1, 0.15) is 57.5 Å². The summed E-state index contributed by atoms with van der Waals surface area (Å²) in [7, 11) is 0. The van der Waals surface area contributed by atoms with Crippen LogP contribution in [0, 0.1) is 0 Å². The van der Waals surface area contributed by atoms with Gasteiger partial charge in [-0.3, -0.25) is 0 Å². The van der Waals surface area contributed by atoms with Crippen LogP contribution >= 0.6 is 0 Å². The first-order valence-corrected chi connectivity index (χ1v) is 49.7. The molecular weight excluding hydrogens is 1810 g/mol. The first-order chi connectivity index (χ1) is 72.6. The lowest BCUT2D eigenvalue weighted by molar-refractivity contribution is 0.00348. The fraction of sp³-hybridized carbons (Fsp3) is 0.0657. The van der Waals surface area contributed by atoms with E-state index < -0.39 is 31.5 Å². The summed E-state index contributed by atoms with van der Waals surface area (Å²) in [4.78, 5) is 0. The molecule has 24 aromatic rings. The van der Waals surface area contributed by atoms with Gasteiger partial charge >= 0.3 is 0 Å². The van der Waals surface area contributed by atoms with Gasteiger partial charge in [0.2, 0.25) is 0 Å². The summed E-state index contributed by atoms with van der Waals surface area (Å²) in [5.74, 6) is 7.75. The van der Waals surface area contributed by atoms with Gasteiger partial charge in [0.05, 0.1) is 0 Å². The molecule has 10 heteroatoms. The van der Waals surface area contributed by atoms with Crippen LogP contribution in [0.5, 0.6) is 57.5 Å². The van der Waals surface area contributed by atoms with Gasteiger partial charge < -0.3 is 47.4 Å². The maximum Gasteiger partial charge on any atom is 0.268 e. The Kier molecular flexibility index (Phi) is 27.8. The quantitative estimate of drug-likeness (QED) is 0.0407. The summed E-state index contributed by atoms with van der Waals surface area (Å²) < 4.78 is 62.8. The van der Waals surface area contributed by atoms with E-state index >= 15 is 0 Å². The molecule has 24 aromatic carbocycles. The average Bonchev–Trinajstić information content (AvgIpc) is 1.60. The second-order valence-electron chi connectivity index (χ2n) is 36.7. The summed E-state index contributed by atoms with van der Waals surface area (Å²) in [6, 6.07) is 186. The van der Waals surface area contributed by atoms with Crippen LogP contribution < -0.4 is 47.4 Å². The zero-order valence-corrected chi connectivity index (χ0v) is 81.2. The largest absolute Gasteiger partial charge is 0.451 e. The standard InChI is InChI=1S/C29H20O2.C28H24O2.2C27H20O2.C26H20O2/c1-3-10-25(11-4-1)30-29(31-26-12-5-2-6-13-26)24-18-22-16-14-20-8-7-9-21-15-17-23(19-24)28(22)27(20)21;1-28(2)25-16-10-9-15-23(25)24-18-17-20(19-26(24)28)27(29-21-11-5-3-6-12-21)30-22-13-7-4-8-14-22;1-3-12-22(13-4-1)28-27(29-23-14-5-2-6-15-23)25-17-9-11-21-19-18-20-10-7-8-16-24(20)26(21)25;1-3-10-23(11-4-1)28-27(29-24-12-5-2-6-13-24)22-18-17-21-16-15-20-9-7-8-14-25(20)26(21)19-22;1-3-10-22(11-4-1)27-26(28-23-12-5-2-6-13-23)20-15-16-25-21(18-20)17-19-9-7-8-14-24(19)25/h1-19,29H;3-19,27H,1-2H3;2*1-19,27H;1-16,18,26H,17H2. The van der Waals surface area contributed by atoms with E-state index in [4.69, 9.17) is 47.4 Å². The number of ether oxygens (including phenoxy) is 10. The Labute approximate surface area is 856 Å². The third kappa shape index (κ3) is 21.6. The molecule has 2 aliphatic rings. The molecular formula is C137H104O10. The number of hydrogen-bond donors (Lipinski definition) is 0. The van der Waals surface area contributed by atoms with E-state index in [1.807, 2.05) is 303 Å². The van der Waals surface area contributed by atoms with Gasteiger partial charge in [-0.05, 0) is 273 Å². The molecule has 147 heavy (non-hydrogen) atoms. The number of para-hydroxylation sites is 10. The summed E-state index contributed by atoms with van der Waals surface area (Å²) in [5.41, 5.74) is 15.5. The van der Waals surface area contributed by atoms with Crippen LogP contribution in [0.4, 0.5) is 0 Å². The van der Waals surface area contributed by atoms with Crippen molar-refractivity contribution in [3.8, 4) is 79.7 Å². The minimum atomic E-state index is -0.575. The van der Waals surface area contributed by atoms with Crippen molar-refractivity contribution in [1.29, 1.82) is 0 Å². The average molecular weight is 1910 g/mol. The molecule has 0 aliphatic heterocycles. The zero-order valence-electron chi connectivity index (χ0n) is 81.2. The van der Waals surface area contributed by atoms with E-state index in [2.05, 4.69) is 263 Å². The molecule has 0 atom stereocenters. The van der Waals surface area contributed by atoms with Crippen LogP contribution in [-0.2, 0) is 11.8 Å². The van der Waals surface area contributed by atoms with E-state index in [0.717, 1.165) is 97.1 Å². The van der Waals surface area contributed by atoms with Crippen molar-refractivity contribution in [3.05, 3.63) is 602 Å². The van der Waals surface area contributed by atoms with Gasteiger partial charge in [0, 0.05) is 38.6 Å². The molecule has 0 bridgehead atoms. The third-order valence-electron chi connectivity index (χ3n) is 26.7. The van der Waals surface area contributed by atoms with Crippen LogP contribution in [0.15, 0.2) is 552 Å². The SMILES string of the molecule is CC1(C)c2ccccc2-c2ccc(C(Oc3ccccc3)Oc3ccccc3)cc21.c1ccc(OC(Oc2ccccc2)c2cc3ccc4cccc5ccc(c2)c3c45)cc1.c1ccc(OC(Oc2ccccc2)c2ccc3c(c2)Cc2ccccc2-3)cc1.c1ccc(OC(Oc2ccccc2)c2ccc3ccc4ccccc4c3c2)cc1.c1ccc(OC(Oc2ccccc2)c2cccc3ccc4ccccc4c23)cc1. The van der Waals surface area contributed by atoms with E-state index in [-0.39, 0.29) is 5.41 Å². The lowest BCUT2D eigenvalue weighted by Crippen LogP contribution is -2.18. The molecule has 10 nitrogen and oxygen atoms in total. The normalized spacial score (nSPS) is 11.8. The highest BCUT2D eigenvalue weighted by molar-refractivity contribution is 6.23. The Morgan fingerprint density at radius 3 is 0.871 bits per heavy atom. The lowest BCUT2D eigenvalue weighted by atomic mass is 9.82. The van der Waals surface area contributed by atoms with Gasteiger partial charge in [-0.2, -0.15) is 0 Å². The second kappa shape index (κ2) is 43.8. The molecule has 0 saturated carbocycles. The lowest BCUT2D eigenvalue weighted by Gasteiger charge is -2.25. The van der Waals surface area contributed by atoms with Crippen LogP contribution in [0.1, 0.15) is 95.4 Å². The van der Waals surface area contributed by atoms with Gasteiger partial charge in [-0.15, -0.1) is 0 Å². The van der Waals surface area contributed by atoms with Crippen molar-refractivity contribution in [1.82, 2.24) is 0 Å². The molecule has 26 rings (SSSR count). The minimum absolute atomic E-state index is 0.0635. The highest BCUT2D eigenvalue weighted by atomic mass is 16.7. The summed E-state index contributed by atoms with van der Waals surface area (Å²) >= 11 is 0. The second-order valence-corrected chi connectivity index (χ2v) is 36.7. The van der Waals surface area contributed by atoms with Crippen LogP contribution in [-0.4, -0.2) is 0 Å². The van der Waals surface area contributed by atoms with Gasteiger partial charge in [0.15, 0.2) is 0 Å². The van der Waals surface area contributed by atoms with Crippen molar-refractivity contribution >= 4 is 75.4 Å². The summed E-state index contributed by atoms with van der Waals surface area (Å²) in [6.45, 7) is 4.57. The predicted molar refractivity (Wildman–Crippen MR) is 596 cm³/mol. The molecule has 0 amide bonds. The molecule has 712 valence electrons. The zero-order chi connectivity index (χ0) is 98.9. The van der Waals surface area contributed by atoms with E-state index in [1.54, 1.807) is 0 Å². The van der Waals surface area contributed by atoms with Crippen LogP contribution in [0.25, 0.3) is 97.7 Å². The molecule has 0 saturated heterocycles. The Morgan fingerprint density at radius 2 is 0.435 bits per heavy atom. The van der Waals surface area contributed by atoms with Crippen molar-refractivity contribution in [2.75, 3.05) is 0 Å². The van der Waals surface area contributed by atoms with Gasteiger partial charge in [0.25, 0.3) is 31.5 Å². The first-order valence-electron chi connectivity index (χ1n) is 49.7. The smallest absolute Gasteiger partial charge is 0.268 e. The summed E-state index contributed by atoms with van der Waals surface area (Å²) in [5, 5.41) is 17.1. The van der Waals surface area contributed by atoms with E-state index in [1.165, 1.54) is 115 Å². The van der Waals surface area contributed by atoms with Crippen molar-refractivity contribution < 1.29 is 47.4 Å². The first kappa shape index (κ1) is 93.3. The Morgan fingerprint density at radius 1 is 0.163 bits per heavy atom. The van der Waals surface area contributed by atoms with Crippen molar-refractivity contribution in [2.45, 2.75) is 57.1 Å². The Balaban J connectivity index is 0.000000104. The molecule has 0 N–H and O–H groups in total. The maximum absolute atomic E-state index is 6.34. The van der Waals surface area contributed by atoms with Gasteiger partial charge in [-0.25, -0.2) is 0 Å². The topological polar surface area (TPSA) is 92.3 Å². The molecule has 0 aromatic heterocycles. The van der Waals surface area contributed by atoms with Crippen LogP contribution in [0.3, 0.4) is 0 Å². The number of rotatable bonds is 25. The third-order valence-corrected chi connectivity index (χ3v) is 26.7. The molecule has 0 fully saturated rings. The van der Waals surface area contributed by atoms with Crippen LogP contribution in [0.2, 0.25) is 0 Å². The van der Waals surface area contributed by atoms with Crippen molar-refractivity contribution in [2.24, 2.45) is 0 Å². The highest BCUT2D eigenvalue weighted by Gasteiger charge is 2.37.